The van der Waals surface area contributed by atoms with Gasteiger partial charge in [0.15, 0.2) is 0 Å². The Morgan fingerprint density at radius 1 is 1.50 bits per heavy atom. The van der Waals surface area contributed by atoms with E-state index in [1.54, 1.807) is 0 Å². The third-order valence-electron chi connectivity index (χ3n) is 1.76. The lowest BCUT2D eigenvalue weighted by molar-refractivity contribution is 1.08. The Balaban J connectivity index is 2.87. The van der Waals surface area contributed by atoms with Gasteiger partial charge in [-0.1, -0.05) is 23.5 Å². The van der Waals surface area contributed by atoms with Crippen LogP contribution in [0.5, 0.6) is 0 Å². The molecular formula is C8H8N2OS. The molecule has 0 amide bonds. The molecule has 0 aliphatic heterocycles. The van der Waals surface area contributed by atoms with E-state index in [2.05, 4.69) is 4.98 Å². The zero-order valence-electron chi connectivity index (χ0n) is 6.33. The molecule has 3 nitrogen and oxygen atoms in total. The van der Waals surface area contributed by atoms with Crippen LogP contribution in [0.15, 0.2) is 23.0 Å². The SMILES string of the molecule is NCc1cccc2sc(=O)[nH]c12. The van der Waals surface area contributed by atoms with E-state index in [-0.39, 0.29) is 4.87 Å². The number of rotatable bonds is 1. The summed E-state index contributed by atoms with van der Waals surface area (Å²) in [6, 6.07) is 5.75. The summed E-state index contributed by atoms with van der Waals surface area (Å²) in [5.41, 5.74) is 7.38. The van der Waals surface area contributed by atoms with Crippen LogP contribution in [-0.2, 0) is 6.54 Å². The number of thiazole rings is 1. The number of benzene rings is 1. The highest BCUT2D eigenvalue weighted by molar-refractivity contribution is 7.16. The van der Waals surface area contributed by atoms with Crippen LogP contribution in [0.1, 0.15) is 5.56 Å². The second kappa shape index (κ2) is 2.73. The molecule has 1 heterocycles. The second-order valence-corrected chi connectivity index (χ2v) is 3.52. The van der Waals surface area contributed by atoms with Gasteiger partial charge in [0.05, 0.1) is 10.2 Å². The van der Waals surface area contributed by atoms with Crippen molar-refractivity contribution in [1.82, 2.24) is 4.98 Å². The minimum Gasteiger partial charge on any atom is -0.326 e. The Morgan fingerprint density at radius 2 is 2.33 bits per heavy atom. The number of para-hydroxylation sites is 1. The molecule has 1 aromatic heterocycles. The Hall–Kier alpha value is -1.13. The molecule has 2 rings (SSSR count). The van der Waals surface area contributed by atoms with E-state index in [1.807, 2.05) is 18.2 Å². The number of nitrogens with two attached hydrogens (primary N) is 1. The van der Waals surface area contributed by atoms with Crippen LogP contribution >= 0.6 is 11.3 Å². The molecule has 0 fully saturated rings. The molecule has 3 N–H and O–H groups in total. The average Bonchev–Trinajstić information content (AvgIpc) is 2.44. The summed E-state index contributed by atoms with van der Waals surface area (Å²) in [5, 5.41) is 0. The third-order valence-corrected chi connectivity index (χ3v) is 2.61. The molecule has 1 aromatic carbocycles. The van der Waals surface area contributed by atoms with Crippen LogP contribution in [0.4, 0.5) is 0 Å². The number of hydrogen-bond acceptors (Lipinski definition) is 3. The van der Waals surface area contributed by atoms with Gasteiger partial charge < -0.3 is 10.7 Å². The number of aromatic nitrogens is 1. The first-order valence-corrected chi connectivity index (χ1v) is 4.43. The predicted octanol–water partition coefficient (Wildman–Crippen LogP) is 1.05. The summed E-state index contributed by atoms with van der Waals surface area (Å²) in [5.74, 6) is 0. The molecule has 0 saturated carbocycles. The van der Waals surface area contributed by atoms with Gasteiger partial charge in [-0.15, -0.1) is 0 Å². The summed E-state index contributed by atoms with van der Waals surface area (Å²) < 4.78 is 0.975. The first-order valence-electron chi connectivity index (χ1n) is 3.62. The van der Waals surface area contributed by atoms with Crippen LogP contribution < -0.4 is 10.6 Å². The molecule has 0 saturated heterocycles. The van der Waals surface area contributed by atoms with Gasteiger partial charge in [0.25, 0.3) is 0 Å². The summed E-state index contributed by atoms with van der Waals surface area (Å²) in [6.45, 7) is 0.462. The van der Waals surface area contributed by atoms with Crippen molar-refractivity contribution in [3.05, 3.63) is 33.4 Å². The lowest BCUT2D eigenvalue weighted by Gasteiger charge is -1.95. The number of nitrogens with one attached hydrogen (secondary N) is 1. The fourth-order valence-corrected chi connectivity index (χ4v) is 1.98. The molecule has 0 bridgehead atoms. The minimum atomic E-state index is -0.0223. The first kappa shape index (κ1) is 7.52. The molecule has 12 heavy (non-hydrogen) atoms. The molecule has 0 atom stereocenters. The molecule has 0 aliphatic carbocycles. The highest BCUT2D eigenvalue weighted by Gasteiger charge is 2.01. The van der Waals surface area contributed by atoms with Gasteiger partial charge in [-0.05, 0) is 11.6 Å². The Kier molecular flexibility index (Phi) is 1.71. The number of hydrogen-bond donors (Lipinski definition) is 2. The molecule has 0 radical (unpaired) electrons. The van der Waals surface area contributed by atoms with Crippen LogP contribution in [0.2, 0.25) is 0 Å². The highest BCUT2D eigenvalue weighted by atomic mass is 32.1. The summed E-state index contributed by atoms with van der Waals surface area (Å²) in [6.07, 6.45) is 0. The standard InChI is InChI=1S/C8H8N2OS/c9-4-5-2-1-3-6-7(5)10-8(11)12-6/h1-3H,4,9H2,(H,10,11). The van der Waals surface area contributed by atoms with Crippen molar-refractivity contribution in [2.45, 2.75) is 6.54 Å². The average molecular weight is 180 g/mol. The fraction of sp³-hybridized carbons (Fsp3) is 0.125. The van der Waals surface area contributed by atoms with Gasteiger partial charge in [0.2, 0.25) is 0 Å². The summed E-state index contributed by atoms with van der Waals surface area (Å²) in [4.78, 5) is 13.7. The first-order chi connectivity index (χ1) is 5.81. The molecule has 62 valence electrons. The van der Waals surface area contributed by atoms with Crippen molar-refractivity contribution in [1.29, 1.82) is 0 Å². The topological polar surface area (TPSA) is 58.9 Å². The van der Waals surface area contributed by atoms with Crippen molar-refractivity contribution < 1.29 is 0 Å². The lowest BCUT2D eigenvalue weighted by atomic mass is 10.2. The van der Waals surface area contributed by atoms with Crippen LogP contribution in [0.3, 0.4) is 0 Å². The smallest absolute Gasteiger partial charge is 0.305 e. The normalized spacial score (nSPS) is 10.8. The zero-order chi connectivity index (χ0) is 8.55. The van der Waals surface area contributed by atoms with E-state index < -0.39 is 0 Å². The molecule has 4 heteroatoms. The minimum absolute atomic E-state index is 0.0223. The maximum atomic E-state index is 11.0. The largest absolute Gasteiger partial charge is 0.326 e. The van der Waals surface area contributed by atoms with E-state index in [1.165, 1.54) is 11.3 Å². The van der Waals surface area contributed by atoms with Crippen LogP contribution in [-0.4, -0.2) is 4.98 Å². The van der Waals surface area contributed by atoms with Gasteiger partial charge in [0, 0.05) is 6.54 Å². The highest BCUT2D eigenvalue weighted by Crippen LogP contribution is 2.17. The molecular weight excluding hydrogens is 172 g/mol. The van der Waals surface area contributed by atoms with Crippen molar-refractivity contribution in [3.8, 4) is 0 Å². The van der Waals surface area contributed by atoms with Gasteiger partial charge in [-0.3, -0.25) is 4.79 Å². The van der Waals surface area contributed by atoms with Gasteiger partial charge in [0.1, 0.15) is 0 Å². The molecule has 0 spiro atoms. The third kappa shape index (κ3) is 1.05. The number of aromatic amines is 1. The maximum Gasteiger partial charge on any atom is 0.305 e. The van der Waals surface area contributed by atoms with Gasteiger partial charge in [-0.25, -0.2) is 0 Å². The summed E-state index contributed by atoms with van der Waals surface area (Å²) >= 11 is 1.21. The summed E-state index contributed by atoms with van der Waals surface area (Å²) in [7, 11) is 0. The van der Waals surface area contributed by atoms with Crippen molar-refractivity contribution >= 4 is 21.6 Å². The zero-order valence-corrected chi connectivity index (χ0v) is 7.15. The van der Waals surface area contributed by atoms with Gasteiger partial charge in [-0.2, -0.15) is 0 Å². The predicted molar refractivity (Wildman–Crippen MR) is 50.3 cm³/mol. The van der Waals surface area contributed by atoms with E-state index in [0.29, 0.717) is 6.54 Å². The Bertz CT molecular complexity index is 457. The Labute approximate surface area is 72.8 Å². The van der Waals surface area contributed by atoms with Crippen molar-refractivity contribution in [3.63, 3.8) is 0 Å². The quantitative estimate of drug-likeness (QED) is 0.689. The van der Waals surface area contributed by atoms with Crippen LogP contribution in [0.25, 0.3) is 10.2 Å². The van der Waals surface area contributed by atoms with E-state index >= 15 is 0 Å². The molecule has 2 aromatic rings. The Morgan fingerprint density at radius 3 is 3.08 bits per heavy atom. The van der Waals surface area contributed by atoms with Crippen LogP contribution in [0, 0.1) is 0 Å². The van der Waals surface area contributed by atoms with Crippen molar-refractivity contribution in [2.24, 2.45) is 5.73 Å². The monoisotopic (exact) mass is 180 g/mol. The van der Waals surface area contributed by atoms with E-state index in [0.717, 1.165) is 15.8 Å². The molecule has 0 aliphatic rings. The molecule has 0 unspecified atom stereocenters. The van der Waals surface area contributed by atoms with Gasteiger partial charge >= 0.3 is 4.87 Å². The number of H-pyrrole nitrogens is 1. The lowest BCUT2D eigenvalue weighted by Crippen LogP contribution is -1.98. The van der Waals surface area contributed by atoms with E-state index in [4.69, 9.17) is 5.73 Å². The second-order valence-electron chi connectivity index (χ2n) is 2.51. The van der Waals surface area contributed by atoms with E-state index in [9.17, 15) is 4.79 Å². The number of fused-ring (bicyclic) bond motifs is 1. The maximum absolute atomic E-state index is 11.0. The van der Waals surface area contributed by atoms with Crippen molar-refractivity contribution in [2.75, 3.05) is 0 Å². The fourth-order valence-electron chi connectivity index (χ4n) is 1.20.